The summed E-state index contributed by atoms with van der Waals surface area (Å²) in [5.74, 6) is -0.180. The minimum Gasteiger partial charge on any atom is -0.326 e. The Morgan fingerprint density at radius 2 is 1.78 bits per heavy atom. The van der Waals surface area contributed by atoms with Crippen molar-refractivity contribution < 1.29 is 9.59 Å². The molecule has 0 heterocycles. The van der Waals surface area contributed by atoms with Crippen molar-refractivity contribution in [2.45, 2.75) is 13.5 Å². The summed E-state index contributed by atoms with van der Waals surface area (Å²) in [6.45, 7) is 1.91. The van der Waals surface area contributed by atoms with Crippen LogP contribution in [-0.4, -0.2) is 23.9 Å². The Hall–Kier alpha value is -2.53. The summed E-state index contributed by atoms with van der Waals surface area (Å²) in [5.41, 5.74) is 2.11. The van der Waals surface area contributed by atoms with Gasteiger partial charge in [0, 0.05) is 26.2 Å². The highest BCUT2D eigenvalue weighted by molar-refractivity contribution is 6.34. The van der Waals surface area contributed by atoms with Crippen LogP contribution < -0.4 is 10.6 Å². The number of urea groups is 1. The number of rotatable bonds is 4. The van der Waals surface area contributed by atoms with E-state index in [9.17, 15) is 9.59 Å². The first-order chi connectivity index (χ1) is 11.0. The van der Waals surface area contributed by atoms with Crippen molar-refractivity contribution in [3.05, 3.63) is 59.1 Å². The van der Waals surface area contributed by atoms with Crippen LogP contribution in [-0.2, 0) is 11.3 Å². The molecule has 0 atom stereocenters. The minimum absolute atomic E-state index is 0.180. The zero-order valence-corrected chi connectivity index (χ0v) is 13.7. The Bertz CT molecular complexity index is 704. The predicted molar refractivity (Wildman–Crippen MR) is 92.7 cm³/mol. The second kappa shape index (κ2) is 7.65. The number of hydrogen-bond acceptors (Lipinski definition) is 2. The van der Waals surface area contributed by atoms with E-state index >= 15 is 0 Å². The van der Waals surface area contributed by atoms with Gasteiger partial charge in [0.2, 0.25) is 5.91 Å². The first-order valence-corrected chi connectivity index (χ1v) is 7.46. The monoisotopic (exact) mass is 331 g/mol. The number of nitrogens with one attached hydrogen (secondary N) is 2. The SMILES string of the molecule is CC(=O)Nc1ccc(NC(=O)N(C)Cc2ccccc2)c(Cl)c1. The van der Waals surface area contributed by atoms with E-state index in [2.05, 4.69) is 10.6 Å². The highest BCUT2D eigenvalue weighted by Gasteiger charge is 2.11. The molecule has 6 heteroatoms. The molecule has 0 saturated heterocycles. The Kier molecular flexibility index (Phi) is 5.60. The summed E-state index contributed by atoms with van der Waals surface area (Å²) in [7, 11) is 1.71. The Morgan fingerprint density at radius 1 is 1.09 bits per heavy atom. The highest BCUT2D eigenvalue weighted by Crippen LogP contribution is 2.25. The van der Waals surface area contributed by atoms with E-state index in [1.54, 1.807) is 30.1 Å². The molecule has 0 aliphatic rings. The fourth-order valence-corrected chi connectivity index (χ4v) is 2.27. The number of hydrogen-bond donors (Lipinski definition) is 2. The van der Waals surface area contributed by atoms with Crippen molar-refractivity contribution in [1.29, 1.82) is 0 Å². The van der Waals surface area contributed by atoms with Crippen molar-refractivity contribution >= 4 is 34.9 Å². The molecule has 0 radical (unpaired) electrons. The summed E-state index contributed by atoms with van der Waals surface area (Å²) < 4.78 is 0. The van der Waals surface area contributed by atoms with Gasteiger partial charge >= 0.3 is 6.03 Å². The Morgan fingerprint density at radius 3 is 2.39 bits per heavy atom. The molecule has 2 rings (SSSR count). The lowest BCUT2D eigenvalue weighted by atomic mass is 10.2. The smallest absolute Gasteiger partial charge is 0.321 e. The van der Waals surface area contributed by atoms with Crippen LogP contribution in [0.3, 0.4) is 0 Å². The lowest BCUT2D eigenvalue weighted by molar-refractivity contribution is -0.114. The molecule has 3 amide bonds. The minimum atomic E-state index is -0.261. The zero-order valence-electron chi connectivity index (χ0n) is 13.0. The second-order valence-electron chi connectivity index (χ2n) is 5.15. The van der Waals surface area contributed by atoms with Crippen LogP contribution in [0.1, 0.15) is 12.5 Å². The third-order valence-corrected chi connectivity index (χ3v) is 3.45. The number of benzene rings is 2. The number of anilines is 2. The number of carbonyl (C=O) groups is 2. The van der Waals surface area contributed by atoms with E-state index in [0.717, 1.165) is 5.56 Å². The molecule has 2 N–H and O–H groups in total. The van der Waals surface area contributed by atoms with E-state index in [4.69, 9.17) is 11.6 Å². The van der Waals surface area contributed by atoms with Crippen LogP contribution in [0.15, 0.2) is 48.5 Å². The van der Waals surface area contributed by atoms with Crippen molar-refractivity contribution in [2.24, 2.45) is 0 Å². The quantitative estimate of drug-likeness (QED) is 0.890. The van der Waals surface area contributed by atoms with E-state index < -0.39 is 0 Å². The number of carbonyl (C=O) groups excluding carboxylic acids is 2. The molecule has 2 aromatic carbocycles. The first-order valence-electron chi connectivity index (χ1n) is 7.09. The molecule has 0 spiro atoms. The fourth-order valence-electron chi connectivity index (χ4n) is 2.04. The molecule has 2 aromatic rings. The van der Waals surface area contributed by atoms with Crippen molar-refractivity contribution in [3.63, 3.8) is 0 Å². The number of halogens is 1. The Balaban J connectivity index is 2.00. The summed E-state index contributed by atoms with van der Waals surface area (Å²) >= 11 is 6.14. The third-order valence-electron chi connectivity index (χ3n) is 3.14. The summed E-state index contributed by atoms with van der Waals surface area (Å²) in [6, 6.07) is 14.4. The van der Waals surface area contributed by atoms with Crippen molar-refractivity contribution in [1.82, 2.24) is 4.90 Å². The van der Waals surface area contributed by atoms with Gasteiger partial charge in [0.15, 0.2) is 0 Å². The van der Waals surface area contributed by atoms with Crippen LogP contribution in [0.5, 0.6) is 0 Å². The summed E-state index contributed by atoms with van der Waals surface area (Å²) in [4.78, 5) is 24.8. The average Bonchev–Trinajstić information content (AvgIpc) is 2.50. The van der Waals surface area contributed by atoms with Gasteiger partial charge < -0.3 is 15.5 Å². The van der Waals surface area contributed by atoms with Gasteiger partial charge in [0.25, 0.3) is 0 Å². The maximum absolute atomic E-state index is 12.2. The molecule has 0 unspecified atom stereocenters. The van der Waals surface area contributed by atoms with E-state index in [1.807, 2.05) is 30.3 Å². The van der Waals surface area contributed by atoms with Gasteiger partial charge in [-0.05, 0) is 23.8 Å². The third kappa shape index (κ3) is 5.00. The lowest BCUT2D eigenvalue weighted by Gasteiger charge is -2.19. The first kappa shape index (κ1) is 16.8. The van der Waals surface area contributed by atoms with Gasteiger partial charge in [-0.15, -0.1) is 0 Å². The van der Waals surface area contributed by atoms with Crippen LogP contribution in [0, 0.1) is 0 Å². The van der Waals surface area contributed by atoms with E-state index in [-0.39, 0.29) is 11.9 Å². The topological polar surface area (TPSA) is 61.4 Å². The molecule has 120 valence electrons. The predicted octanol–water partition coefficient (Wildman–Crippen LogP) is 3.96. The van der Waals surface area contributed by atoms with Crippen LogP contribution in [0.25, 0.3) is 0 Å². The zero-order chi connectivity index (χ0) is 16.8. The molecular formula is C17H18ClN3O2. The van der Waals surface area contributed by atoms with Crippen molar-refractivity contribution in [3.8, 4) is 0 Å². The molecular weight excluding hydrogens is 314 g/mol. The Labute approximate surface area is 140 Å². The largest absolute Gasteiger partial charge is 0.326 e. The maximum Gasteiger partial charge on any atom is 0.321 e. The normalized spacial score (nSPS) is 10.0. The number of amides is 3. The van der Waals surface area contributed by atoms with Crippen molar-refractivity contribution in [2.75, 3.05) is 17.7 Å². The maximum atomic E-state index is 12.2. The molecule has 0 fully saturated rings. The van der Waals surface area contributed by atoms with Gasteiger partial charge in [-0.3, -0.25) is 4.79 Å². The van der Waals surface area contributed by atoms with Gasteiger partial charge in [-0.2, -0.15) is 0 Å². The highest BCUT2D eigenvalue weighted by atomic mass is 35.5. The molecule has 5 nitrogen and oxygen atoms in total. The number of nitrogens with zero attached hydrogens (tertiary/aromatic N) is 1. The molecule has 23 heavy (non-hydrogen) atoms. The molecule has 0 aliphatic heterocycles. The fraction of sp³-hybridized carbons (Fsp3) is 0.176. The van der Waals surface area contributed by atoms with Crippen LogP contribution >= 0.6 is 11.6 Å². The molecule has 0 bridgehead atoms. The van der Waals surface area contributed by atoms with Gasteiger partial charge in [-0.1, -0.05) is 41.9 Å². The summed E-state index contributed by atoms with van der Waals surface area (Å²) in [6.07, 6.45) is 0. The average molecular weight is 332 g/mol. The summed E-state index contributed by atoms with van der Waals surface area (Å²) in [5, 5.41) is 5.75. The van der Waals surface area contributed by atoms with E-state index in [1.165, 1.54) is 6.92 Å². The lowest BCUT2D eigenvalue weighted by Crippen LogP contribution is -2.30. The standard InChI is InChI=1S/C17H18ClN3O2/c1-12(22)19-14-8-9-16(15(18)10-14)20-17(23)21(2)11-13-6-4-3-5-7-13/h3-10H,11H2,1-2H3,(H,19,22)(H,20,23). The van der Waals surface area contributed by atoms with Crippen LogP contribution in [0.2, 0.25) is 5.02 Å². The van der Waals surface area contributed by atoms with Gasteiger partial charge in [0.1, 0.15) is 0 Å². The molecule has 0 saturated carbocycles. The molecule has 0 aliphatic carbocycles. The van der Waals surface area contributed by atoms with Gasteiger partial charge in [0.05, 0.1) is 10.7 Å². The van der Waals surface area contributed by atoms with Crippen LogP contribution in [0.4, 0.5) is 16.2 Å². The molecule has 0 aromatic heterocycles. The van der Waals surface area contributed by atoms with Gasteiger partial charge in [-0.25, -0.2) is 4.79 Å². The second-order valence-corrected chi connectivity index (χ2v) is 5.55. The van der Waals surface area contributed by atoms with E-state index in [0.29, 0.717) is 22.9 Å².